The summed E-state index contributed by atoms with van der Waals surface area (Å²) in [6.07, 6.45) is -4.14. The molecule has 6 nitrogen and oxygen atoms in total. The Bertz CT molecular complexity index is 1090. The van der Waals surface area contributed by atoms with Crippen molar-refractivity contribution in [2.24, 2.45) is 0 Å². The quantitative estimate of drug-likeness (QED) is 0.638. The summed E-state index contributed by atoms with van der Waals surface area (Å²) in [5.41, 5.74) is -0.616. The van der Waals surface area contributed by atoms with Gasteiger partial charge in [-0.1, -0.05) is 11.6 Å². The fourth-order valence-corrected chi connectivity index (χ4v) is 3.37. The van der Waals surface area contributed by atoms with Crippen LogP contribution >= 0.6 is 22.9 Å². The van der Waals surface area contributed by atoms with Crippen molar-refractivity contribution in [2.45, 2.75) is 12.7 Å². The van der Waals surface area contributed by atoms with Crippen LogP contribution in [0.5, 0.6) is 5.75 Å². The van der Waals surface area contributed by atoms with Crippen molar-refractivity contribution in [3.63, 3.8) is 0 Å². The third kappa shape index (κ3) is 4.96. The second kappa shape index (κ2) is 8.26. The largest absolute Gasteiger partial charge is 0.497 e. The van der Waals surface area contributed by atoms with E-state index in [1.165, 1.54) is 0 Å². The van der Waals surface area contributed by atoms with Crippen molar-refractivity contribution >= 4 is 34.0 Å². The van der Waals surface area contributed by atoms with Gasteiger partial charge in [0.15, 0.2) is 5.13 Å². The predicted octanol–water partition coefficient (Wildman–Crippen LogP) is 4.29. The lowest BCUT2D eigenvalue weighted by Gasteiger charge is -2.11. The summed E-state index contributed by atoms with van der Waals surface area (Å²) < 4.78 is 44.3. The maximum Gasteiger partial charge on any atom is 0.417 e. The molecule has 2 heterocycles. The lowest BCUT2D eigenvalue weighted by molar-refractivity contribution is -0.138. The Labute approximate surface area is 171 Å². The van der Waals surface area contributed by atoms with E-state index in [1.54, 1.807) is 36.8 Å². The molecule has 11 heteroatoms. The third-order valence-electron chi connectivity index (χ3n) is 3.82. The first-order valence-electron chi connectivity index (χ1n) is 8.04. The molecule has 3 rings (SSSR count). The molecule has 0 atom stereocenters. The molecule has 0 aliphatic heterocycles. The zero-order valence-corrected chi connectivity index (χ0v) is 16.4. The van der Waals surface area contributed by atoms with Gasteiger partial charge in [0.1, 0.15) is 17.3 Å². The standard InChI is InChI=1S/C18H13ClF3N3O3S/c1-28-12-4-2-10(3-5-12)14-9-29-17(23-14)24-15(26)8-25-7-11(18(20,21)22)6-13(19)16(25)27/h2-7,9H,8H2,1H3,(H,23,24,26). The van der Waals surface area contributed by atoms with E-state index in [0.717, 1.165) is 16.9 Å². The molecule has 0 aliphatic rings. The van der Waals surface area contributed by atoms with E-state index in [4.69, 9.17) is 16.3 Å². The number of aromatic nitrogens is 2. The van der Waals surface area contributed by atoms with Crippen LogP contribution in [-0.4, -0.2) is 22.6 Å². The summed E-state index contributed by atoms with van der Waals surface area (Å²) in [5, 5.41) is 3.80. The number of hydrogen-bond acceptors (Lipinski definition) is 5. The number of hydrogen-bond donors (Lipinski definition) is 1. The van der Waals surface area contributed by atoms with E-state index in [9.17, 15) is 22.8 Å². The number of nitrogens with zero attached hydrogens (tertiary/aromatic N) is 2. The van der Waals surface area contributed by atoms with Crippen LogP contribution in [0, 0.1) is 0 Å². The number of amides is 1. The molecular weight excluding hydrogens is 431 g/mol. The number of carbonyl (C=O) groups is 1. The highest BCUT2D eigenvalue weighted by molar-refractivity contribution is 7.14. The number of rotatable bonds is 5. The molecule has 0 bridgehead atoms. The molecule has 29 heavy (non-hydrogen) atoms. The van der Waals surface area contributed by atoms with Gasteiger partial charge in [0.2, 0.25) is 5.91 Å². The third-order valence-corrected chi connectivity index (χ3v) is 4.85. The minimum absolute atomic E-state index is 0.243. The Hall–Kier alpha value is -2.85. The molecule has 152 valence electrons. The van der Waals surface area contributed by atoms with Gasteiger partial charge in [-0.05, 0) is 30.3 Å². The molecule has 1 N–H and O–H groups in total. The van der Waals surface area contributed by atoms with E-state index in [1.807, 2.05) is 0 Å². The second-order valence-electron chi connectivity index (χ2n) is 5.82. The molecule has 0 saturated heterocycles. The number of halogens is 4. The van der Waals surface area contributed by atoms with Crippen LogP contribution < -0.4 is 15.6 Å². The smallest absolute Gasteiger partial charge is 0.417 e. The van der Waals surface area contributed by atoms with E-state index in [2.05, 4.69) is 10.3 Å². The van der Waals surface area contributed by atoms with Gasteiger partial charge < -0.3 is 14.6 Å². The van der Waals surface area contributed by atoms with Gasteiger partial charge in [-0.2, -0.15) is 13.2 Å². The highest BCUT2D eigenvalue weighted by atomic mass is 35.5. The van der Waals surface area contributed by atoms with Crippen LogP contribution in [0.3, 0.4) is 0 Å². The van der Waals surface area contributed by atoms with Gasteiger partial charge in [0, 0.05) is 17.1 Å². The monoisotopic (exact) mass is 443 g/mol. The lowest BCUT2D eigenvalue weighted by Crippen LogP contribution is -2.29. The molecule has 1 aromatic carbocycles. The van der Waals surface area contributed by atoms with Crippen molar-refractivity contribution < 1.29 is 22.7 Å². The molecule has 3 aromatic rings. The van der Waals surface area contributed by atoms with Crippen LogP contribution in [0.2, 0.25) is 5.02 Å². The zero-order valence-electron chi connectivity index (χ0n) is 14.8. The first-order valence-corrected chi connectivity index (χ1v) is 9.30. The summed E-state index contributed by atoms with van der Waals surface area (Å²) in [4.78, 5) is 28.4. The molecule has 0 saturated carbocycles. The number of carbonyl (C=O) groups excluding carboxylic acids is 1. The Balaban J connectivity index is 1.74. The Morgan fingerprint density at radius 1 is 1.31 bits per heavy atom. The number of benzene rings is 1. The fraction of sp³-hybridized carbons (Fsp3) is 0.167. The van der Waals surface area contributed by atoms with Gasteiger partial charge in [-0.15, -0.1) is 11.3 Å². The molecule has 0 unspecified atom stereocenters. The Morgan fingerprint density at radius 2 is 2.00 bits per heavy atom. The number of pyridine rings is 1. The van der Waals surface area contributed by atoms with E-state index >= 15 is 0 Å². The fourth-order valence-electron chi connectivity index (χ4n) is 2.41. The number of anilines is 1. The van der Waals surface area contributed by atoms with Crippen molar-refractivity contribution in [3.05, 3.63) is 62.8 Å². The number of ether oxygens (including phenoxy) is 1. The van der Waals surface area contributed by atoms with E-state index < -0.39 is 34.8 Å². The molecule has 2 aromatic heterocycles. The average Bonchev–Trinajstić information content (AvgIpc) is 3.12. The van der Waals surface area contributed by atoms with Gasteiger partial charge >= 0.3 is 6.18 Å². The second-order valence-corrected chi connectivity index (χ2v) is 7.09. The number of alkyl halides is 3. The summed E-state index contributed by atoms with van der Waals surface area (Å²) in [6, 6.07) is 7.64. The van der Waals surface area contributed by atoms with Crippen LogP contribution in [0.25, 0.3) is 11.3 Å². The molecule has 0 aliphatic carbocycles. The maximum atomic E-state index is 12.9. The molecule has 0 spiro atoms. The molecule has 1 amide bonds. The summed E-state index contributed by atoms with van der Waals surface area (Å²) in [5.74, 6) is -0.0270. The van der Waals surface area contributed by atoms with Gasteiger partial charge in [-0.3, -0.25) is 9.59 Å². The van der Waals surface area contributed by atoms with E-state index in [0.29, 0.717) is 28.3 Å². The van der Waals surface area contributed by atoms with Crippen LogP contribution in [0.4, 0.5) is 18.3 Å². The van der Waals surface area contributed by atoms with E-state index in [-0.39, 0.29) is 5.13 Å². The maximum absolute atomic E-state index is 12.9. The summed E-state index contributed by atoms with van der Waals surface area (Å²) in [6.45, 7) is -0.639. The first-order chi connectivity index (χ1) is 13.7. The normalized spacial score (nSPS) is 11.3. The topological polar surface area (TPSA) is 73.2 Å². The Morgan fingerprint density at radius 3 is 2.62 bits per heavy atom. The molecule has 0 radical (unpaired) electrons. The van der Waals surface area contributed by atoms with Crippen LogP contribution in [0.1, 0.15) is 5.56 Å². The van der Waals surface area contributed by atoms with Gasteiger partial charge in [0.25, 0.3) is 5.56 Å². The highest BCUT2D eigenvalue weighted by Gasteiger charge is 2.32. The van der Waals surface area contributed by atoms with Gasteiger partial charge in [-0.25, -0.2) is 4.98 Å². The Kier molecular flexibility index (Phi) is 5.94. The molecule has 0 fully saturated rings. The van der Waals surface area contributed by atoms with Crippen molar-refractivity contribution in [1.82, 2.24) is 9.55 Å². The van der Waals surface area contributed by atoms with Crippen molar-refractivity contribution in [3.8, 4) is 17.0 Å². The lowest BCUT2D eigenvalue weighted by atomic mass is 10.2. The highest BCUT2D eigenvalue weighted by Crippen LogP contribution is 2.30. The van der Waals surface area contributed by atoms with Crippen molar-refractivity contribution in [1.29, 1.82) is 0 Å². The number of thiazole rings is 1. The number of methoxy groups -OCH3 is 1. The zero-order chi connectivity index (χ0) is 21.2. The minimum atomic E-state index is -4.70. The summed E-state index contributed by atoms with van der Waals surface area (Å²) in [7, 11) is 1.55. The average molecular weight is 444 g/mol. The predicted molar refractivity (Wildman–Crippen MR) is 103 cm³/mol. The first kappa shape index (κ1) is 20.9. The minimum Gasteiger partial charge on any atom is -0.497 e. The van der Waals surface area contributed by atoms with Crippen LogP contribution in [0.15, 0.2) is 46.7 Å². The number of nitrogens with one attached hydrogen (secondary N) is 1. The SMILES string of the molecule is COc1ccc(-c2csc(NC(=O)Cn3cc(C(F)(F)F)cc(Cl)c3=O)n2)cc1. The van der Waals surface area contributed by atoms with Crippen molar-refractivity contribution in [2.75, 3.05) is 12.4 Å². The molecular formula is C18H13ClF3N3O3S. The van der Waals surface area contributed by atoms with Crippen LogP contribution in [-0.2, 0) is 17.5 Å². The summed E-state index contributed by atoms with van der Waals surface area (Å²) >= 11 is 6.72. The van der Waals surface area contributed by atoms with Gasteiger partial charge in [0.05, 0.1) is 18.4 Å².